The van der Waals surface area contributed by atoms with Gasteiger partial charge in [0.25, 0.3) is 5.22 Å². The van der Waals surface area contributed by atoms with Crippen molar-refractivity contribution in [3.8, 4) is 17.2 Å². The number of carbonyl (C=O) groups excluding carboxylic acids is 2. The Hall–Kier alpha value is -3.33. The fourth-order valence-electron chi connectivity index (χ4n) is 2.52. The Bertz CT molecular complexity index is 1000. The van der Waals surface area contributed by atoms with Crippen molar-refractivity contribution in [1.29, 1.82) is 0 Å². The van der Waals surface area contributed by atoms with Crippen LogP contribution in [0.2, 0.25) is 0 Å². The zero-order valence-electron chi connectivity index (χ0n) is 16.1. The average molecular weight is 413 g/mol. The second-order valence-corrected chi connectivity index (χ2v) is 6.78. The van der Waals surface area contributed by atoms with Gasteiger partial charge in [-0.1, -0.05) is 23.9 Å². The summed E-state index contributed by atoms with van der Waals surface area (Å²) in [5.41, 5.74) is 1.53. The molecule has 1 aromatic heterocycles. The third kappa shape index (κ3) is 4.75. The number of rotatable bonds is 7. The first-order valence-electron chi connectivity index (χ1n) is 8.58. The van der Waals surface area contributed by atoms with Crippen LogP contribution in [0.1, 0.15) is 10.4 Å². The smallest absolute Gasteiger partial charge is 0.339 e. The van der Waals surface area contributed by atoms with Gasteiger partial charge in [-0.15, -0.1) is 10.2 Å². The van der Waals surface area contributed by atoms with Gasteiger partial charge in [-0.05, 0) is 36.4 Å². The van der Waals surface area contributed by atoms with Crippen molar-refractivity contribution in [1.82, 2.24) is 10.2 Å². The number of benzene rings is 2. The van der Waals surface area contributed by atoms with Crippen molar-refractivity contribution in [3.63, 3.8) is 0 Å². The fraction of sp³-hybridized carbons (Fsp3) is 0.200. The molecule has 1 heterocycles. The van der Waals surface area contributed by atoms with E-state index in [0.29, 0.717) is 17.1 Å². The number of hydrogen-bond donors (Lipinski definition) is 0. The number of amides is 1. The molecule has 0 aliphatic heterocycles. The first-order valence-corrected chi connectivity index (χ1v) is 9.56. The highest BCUT2D eigenvalue weighted by atomic mass is 32.2. The largest absolute Gasteiger partial charge is 0.497 e. The lowest BCUT2D eigenvalue weighted by Gasteiger charge is -2.19. The van der Waals surface area contributed by atoms with E-state index in [1.807, 2.05) is 12.1 Å². The van der Waals surface area contributed by atoms with Crippen molar-refractivity contribution in [2.75, 3.05) is 31.9 Å². The van der Waals surface area contributed by atoms with Crippen molar-refractivity contribution in [3.05, 3.63) is 54.1 Å². The van der Waals surface area contributed by atoms with Crippen LogP contribution in [-0.4, -0.2) is 49.1 Å². The van der Waals surface area contributed by atoms with Crippen LogP contribution in [-0.2, 0) is 9.53 Å². The molecule has 1 amide bonds. The molecule has 2 aromatic carbocycles. The zero-order chi connectivity index (χ0) is 20.8. The number of thioether (sulfide) groups is 1. The Morgan fingerprint density at radius 1 is 1.07 bits per heavy atom. The first-order chi connectivity index (χ1) is 14.0. The number of carbonyl (C=O) groups is 2. The van der Waals surface area contributed by atoms with Gasteiger partial charge in [0.1, 0.15) is 5.75 Å². The molecule has 0 unspecified atom stereocenters. The molecule has 9 heteroatoms. The van der Waals surface area contributed by atoms with Crippen molar-refractivity contribution in [2.45, 2.75) is 5.22 Å². The average Bonchev–Trinajstić information content (AvgIpc) is 3.25. The van der Waals surface area contributed by atoms with E-state index in [-0.39, 0.29) is 16.9 Å². The summed E-state index contributed by atoms with van der Waals surface area (Å²) in [6.07, 6.45) is 0. The van der Waals surface area contributed by atoms with Crippen LogP contribution in [0.3, 0.4) is 0 Å². The van der Waals surface area contributed by atoms with E-state index in [2.05, 4.69) is 10.2 Å². The standard InChI is InChI=1S/C20H19N3O5S/c1-23(16-7-5-4-6-15(16)19(25)27-3)17(24)12-29-20-22-21-18(28-20)13-8-10-14(26-2)11-9-13/h4-11H,12H2,1-3H3. The summed E-state index contributed by atoms with van der Waals surface area (Å²) >= 11 is 1.12. The number of nitrogens with zero attached hydrogens (tertiary/aromatic N) is 3. The number of para-hydroxylation sites is 1. The molecule has 0 fully saturated rings. The van der Waals surface area contributed by atoms with E-state index in [1.165, 1.54) is 12.0 Å². The van der Waals surface area contributed by atoms with Crippen LogP contribution >= 0.6 is 11.8 Å². The maximum absolute atomic E-state index is 12.6. The molecule has 0 atom stereocenters. The lowest BCUT2D eigenvalue weighted by atomic mass is 10.1. The van der Waals surface area contributed by atoms with Gasteiger partial charge in [-0.3, -0.25) is 4.79 Å². The normalized spacial score (nSPS) is 10.4. The summed E-state index contributed by atoms with van der Waals surface area (Å²) in [7, 11) is 4.49. The number of methoxy groups -OCH3 is 2. The lowest BCUT2D eigenvalue weighted by molar-refractivity contribution is -0.115. The highest BCUT2D eigenvalue weighted by Gasteiger charge is 2.20. The molecule has 0 aliphatic rings. The Kier molecular flexibility index (Phi) is 6.50. The quantitative estimate of drug-likeness (QED) is 0.430. The summed E-state index contributed by atoms with van der Waals surface area (Å²) in [6, 6.07) is 14.0. The van der Waals surface area contributed by atoms with Crippen molar-refractivity contribution >= 4 is 29.3 Å². The predicted octanol–water partition coefficient (Wildman–Crippen LogP) is 3.29. The number of ether oxygens (including phenoxy) is 2. The molecular weight excluding hydrogens is 394 g/mol. The summed E-state index contributed by atoms with van der Waals surface area (Å²) in [5, 5.41) is 8.25. The first kappa shape index (κ1) is 20.4. The Morgan fingerprint density at radius 2 is 1.79 bits per heavy atom. The van der Waals surface area contributed by atoms with E-state index in [1.54, 1.807) is 50.6 Å². The fourth-order valence-corrected chi connectivity index (χ4v) is 3.20. The van der Waals surface area contributed by atoms with E-state index >= 15 is 0 Å². The maximum Gasteiger partial charge on any atom is 0.339 e. The van der Waals surface area contributed by atoms with Crippen LogP contribution in [0.25, 0.3) is 11.5 Å². The molecule has 8 nitrogen and oxygen atoms in total. The molecule has 150 valence electrons. The summed E-state index contributed by atoms with van der Waals surface area (Å²) in [5.74, 6) is 0.413. The molecule has 0 saturated carbocycles. The molecule has 0 N–H and O–H groups in total. The lowest BCUT2D eigenvalue weighted by Crippen LogP contribution is -2.29. The van der Waals surface area contributed by atoms with Crippen LogP contribution in [0.15, 0.2) is 58.2 Å². The maximum atomic E-state index is 12.6. The molecule has 0 bridgehead atoms. The number of aromatic nitrogens is 2. The van der Waals surface area contributed by atoms with Crippen LogP contribution in [0, 0.1) is 0 Å². The minimum absolute atomic E-state index is 0.0657. The molecule has 3 aromatic rings. The number of anilines is 1. The van der Waals surface area contributed by atoms with Gasteiger partial charge in [-0.2, -0.15) is 0 Å². The van der Waals surface area contributed by atoms with Crippen molar-refractivity contribution < 1.29 is 23.5 Å². The molecule has 3 rings (SSSR count). The minimum atomic E-state index is -0.506. The zero-order valence-corrected chi connectivity index (χ0v) is 16.9. The monoisotopic (exact) mass is 413 g/mol. The van der Waals surface area contributed by atoms with Gasteiger partial charge in [0.05, 0.1) is 31.2 Å². The summed E-state index contributed by atoms with van der Waals surface area (Å²) in [4.78, 5) is 25.9. The predicted molar refractivity (Wildman–Crippen MR) is 108 cm³/mol. The SMILES string of the molecule is COC(=O)c1ccccc1N(C)C(=O)CSc1nnc(-c2ccc(OC)cc2)o1. The van der Waals surface area contributed by atoms with Gasteiger partial charge in [0.2, 0.25) is 11.8 Å². The van der Waals surface area contributed by atoms with Gasteiger partial charge in [0, 0.05) is 12.6 Å². The topological polar surface area (TPSA) is 94.8 Å². The number of hydrogen-bond acceptors (Lipinski definition) is 8. The molecule has 0 aliphatic carbocycles. The molecule has 29 heavy (non-hydrogen) atoms. The Morgan fingerprint density at radius 3 is 2.48 bits per heavy atom. The van der Waals surface area contributed by atoms with Crippen LogP contribution < -0.4 is 9.64 Å². The van der Waals surface area contributed by atoms with Gasteiger partial charge in [0.15, 0.2) is 0 Å². The Labute approximate surface area is 171 Å². The minimum Gasteiger partial charge on any atom is -0.497 e. The summed E-state index contributed by atoms with van der Waals surface area (Å²) in [6.45, 7) is 0. The highest BCUT2D eigenvalue weighted by molar-refractivity contribution is 7.99. The van der Waals surface area contributed by atoms with E-state index in [0.717, 1.165) is 23.1 Å². The van der Waals surface area contributed by atoms with E-state index in [9.17, 15) is 9.59 Å². The molecule has 0 radical (unpaired) electrons. The van der Waals surface area contributed by atoms with Gasteiger partial charge < -0.3 is 18.8 Å². The number of esters is 1. The third-order valence-electron chi connectivity index (χ3n) is 4.11. The van der Waals surface area contributed by atoms with Crippen molar-refractivity contribution in [2.24, 2.45) is 0 Å². The Balaban J connectivity index is 1.65. The van der Waals surface area contributed by atoms with Gasteiger partial charge in [-0.25, -0.2) is 4.79 Å². The molecular formula is C20H19N3O5S. The van der Waals surface area contributed by atoms with E-state index in [4.69, 9.17) is 13.9 Å². The van der Waals surface area contributed by atoms with Gasteiger partial charge >= 0.3 is 5.97 Å². The van der Waals surface area contributed by atoms with E-state index < -0.39 is 5.97 Å². The summed E-state index contributed by atoms with van der Waals surface area (Å²) < 4.78 is 15.5. The third-order valence-corrected chi connectivity index (χ3v) is 4.91. The van der Waals surface area contributed by atoms with Crippen LogP contribution in [0.5, 0.6) is 5.75 Å². The second-order valence-electron chi connectivity index (χ2n) is 5.85. The molecule has 0 saturated heterocycles. The highest BCUT2D eigenvalue weighted by Crippen LogP contribution is 2.26. The second kappa shape index (κ2) is 9.24. The molecule has 0 spiro atoms. The van der Waals surface area contributed by atoms with Crippen LogP contribution in [0.4, 0.5) is 5.69 Å².